The van der Waals surface area contributed by atoms with Crippen LogP contribution < -0.4 is 14.4 Å². The van der Waals surface area contributed by atoms with Gasteiger partial charge in [0, 0.05) is 25.4 Å². The summed E-state index contributed by atoms with van der Waals surface area (Å²) in [5, 5.41) is 2.12. The summed E-state index contributed by atoms with van der Waals surface area (Å²) in [5.41, 5.74) is 3.15. The Bertz CT molecular complexity index is 1020. The van der Waals surface area contributed by atoms with Crippen molar-refractivity contribution in [3.63, 3.8) is 0 Å². The summed E-state index contributed by atoms with van der Waals surface area (Å²) >= 11 is 1.80. The van der Waals surface area contributed by atoms with E-state index in [-0.39, 0.29) is 5.91 Å². The molecular formula is C34H50N2O3S. The number of rotatable bonds is 20. The quantitative estimate of drug-likeness (QED) is 0.149. The van der Waals surface area contributed by atoms with Crippen LogP contribution in [-0.4, -0.2) is 30.4 Å². The predicted octanol–water partition coefficient (Wildman–Crippen LogP) is 9.31. The number of thioether (sulfide) groups is 1. The van der Waals surface area contributed by atoms with Crippen LogP contribution in [0.1, 0.15) is 102 Å². The second-order valence-corrected chi connectivity index (χ2v) is 11.7. The zero-order chi connectivity index (χ0) is 28.4. The highest BCUT2D eigenvalue weighted by Gasteiger charge is 2.15. The maximum atomic E-state index is 12.6. The van der Waals surface area contributed by atoms with Gasteiger partial charge in [0.2, 0.25) is 5.91 Å². The van der Waals surface area contributed by atoms with Crippen LogP contribution in [0, 0.1) is 0 Å². The summed E-state index contributed by atoms with van der Waals surface area (Å²) in [6.45, 7) is 5.94. The lowest BCUT2D eigenvalue weighted by Crippen LogP contribution is -2.27. The van der Waals surface area contributed by atoms with E-state index in [1.165, 1.54) is 76.2 Å². The van der Waals surface area contributed by atoms with Crippen molar-refractivity contribution in [3.05, 3.63) is 65.2 Å². The van der Waals surface area contributed by atoms with Crippen LogP contribution >= 0.6 is 11.8 Å². The van der Waals surface area contributed by atoms with Gasteiger partial charge in [0.15, 0.2) is 11.5 Å². The van der Waals surface area contributed by atoms with E-state index in [0.717, 1.165) is 41.6 Å². The Kier molecular flexibility index (Phi) is 14.9. The largest absolute Gasteiger partial charge is 0.493 e. The second-order valence-electron chi connectivity index (χ2n) is 10.8. The van der Waals surface area contributed by atoms with Gasteiger partial charge in [-0.25, -0.2) is 0 Å². The Hall–Kier alpha value is -2.60. The standard InChI is InChI=1S/C34H50N2O3S/c1-4-5-6-7-8-9-10-11-12-13-14-15-23-39-34-25-31(18-21-33(34)38-3)27-36(29(2)37)32-19-16-30(17-20-32)26-35-22-24-40-28-35/h16-22,24-25H,4-15,23,26-28H2,1-3H3. The lowest BCUT2D eigenvalue weighted by molar-refractivity contribution is -0.116. The summed E-state index contributed by atoms with van der Waals surface area (Å²) in [6.07, 6.45) is 18.0. The molecule has 5 nitrogen and oxygen atoms in total. The Morgan fingerprint density at radius 1 is 0.850 bits per heavy atom. The lowest BCUT2D eigenvalue weighted by Gasteiger charge is -2.23. The molecule has 1 aliphatic rings. The third kappa shape index (κ3) is 11.5. The molecule has 1 heterocycles. The number of carbonyl (C=O) groups is 1. The minimum atomic E-state index is 0.0152. The Morgan fingerprint density at radius 3 is 2.05 bits per heavy atom. The third-order valence-corrected chi connectivity index (χ3v) is 8.24. The van der Waals surface area contributed by atoms with Crippen molar-refractivity contribution in [1.82, 2.24) is 4.90 Å². The zero-order valence-electron chi connectivity index (χ0n) is 25.0. The molecule has 0 radical (unpaired) electrons. The molecule has 0 fully saturated rings. The van der Waals surface area contributed by atoms with Gasteiger partial charge in [0.25, 0.3) is 0 Å². The number of ether oxygens (including phenoxy) is 2. The molecule has 40 heavy (non-hydrogen) atoms. The molecule has 1 aliphatic heterocycles. The molecule has 0 saturated carbocycles. The molecule has 2 aromatic carbocycles. The van der Waals surface area contributed by atoms with E-state index in [0.29, 0.717) is 13.2 Å². The minimum Gasteiger partial charge on any atom is -0.493 e. The number of amides is 1. The highest BCUT2D eigenvalue weighted by atomic mass is 32.2. The fraction of sp³-hybridized carbons (Fsp3) is 0.559. The maximum absolute atomic E-state index is 12.6. The SMILES string of the molecule is CCCCCCCCCCCCCCOc1cc(CN(C(C)=O)c2ccc(CN3C=CSC3)cc2)ccc1OC. The molecule has 0 bridgehead atoms. The van der Waals surface area contributed by atoms with Gasteiger partial charge in [-0.1, -0.05) is 95.8 Å². The third-order valence-electron chi connectivity index (χ3n) is 7.45. The van der Waals surface area contributed by atoms with E-state index in [4.69, 9.17) is 9.47 Å². The highest BCUT2D eigenvalue weighted by Crippen LogP contribution is 2.30. The first-order chi connectivity index (χ1) is 19.6. The van der Waals surface area contributed by atoms with Gasteiger partial charge >= 0.3 is 0 Å². The Labute approximate surface area is 247 Å². The van der Waals surface area contributed by atoms with Gasteiger partial charge in [-0.15, -0.1) is 11.8 Å². The second kappa shape index (κ2) is 18.7. The molecule has 3 rings (SSSR count). The molecule has 0 aromatic heterocycles. The smallest absolute Gasteiger partial charge is 0.224 e. The van der Waals surface area contributed by atoms with Crippen molar-refractivity contribution in [3.8, 4) is 11.5 Å². The van der Waals surface area contributed by atoms with E-state index >= 15 is 0 Å². The van der Waals surface area contributed by atoms with Gasteiger partial charge < -0.3 is 19.3 Å². The van der Waals surface area contributed by atoms with Crippen molar-refractivity contribution in [1.29, 1.82) is 0 Å². The number of carbonyl (C=O) groups excluding carboxylic acids is 1. The normalized spacial score (nSPS) is 12.6. The summed E-state index contributed by atoms with van der Waals surface area (Å²) in [6, 6.07) is 14.3. The molecule has 0 aliphatic carbocycles. The van der Waals surface area contributed by atoms with E-state index in [1.54, 1.807) is 25.8 Å². The van der Waals surface area contributed by atoms with Crippen LogP contribution in [0.3, 0.4) is 0 Å². The first kappa shape index (κ1) is 31.9. The van der Waals surface area contributed by atoms with Crippen LogP contribution in [0.2, 0.25) is 0 Å². The molecule has 0 atom stereocenters. The first-order valence-electron chi connectivity index (χ1n) is 15.3. The van der Waals surface area contributed by atoms with Gasteiger partial charge in [-0.05, 0) is 47.2 Å². The van der Waals surface area contributed by atoms with Crippen LogP contribution in [-0.2, 0) is 17.9 Å². The van der Waals surface area contributed by atoms with E-state index in [1.807, 2.05) is 35.2 Å². The van der Waals surface area contributed by atoms with Crippen LogP contribution in [0.5, 0.6) is 11.5 Å². The highest BCUT2D eigenvalue weighted by molar-refractivity contribution is 8.02. The monoisotopic (exact) mass is 566 g/mol. The van der Waals surface area contributed by atoms with Crippen LogP contribution in [0.15, 0.2) is 54.1 Å². The molecule has 0 spiro atoms. The number of methoxy groups -OCH3 is 1. The number of hydrogen-bond donors (Lipinski definition) is 0. The Morgan fingerprint density at radius 2 is 1.48 bits per heavy atom. The van der Waals surface area contributed by atoms with Gasteiger partial charge in [-0.3, -0.25) is 4.79 Å². The molecule has 2 aromatic rings. The molecule has 0 saturated heterocycles. The van der Waals surface area contributed by atoms with Crippen molar-refractivity contribution < 1.29 is 14.3 Å². The maximum Gasteiger partial charge on any atom is 0.224 e. The number of unbranched alkanes of at least 4 members (excludes halogenated alkanes) is 11. The fourth-order valence-electron chi connectivity index (χ4n) is 5.05. The average molecular weight is 567 g/mol. The van der Waals surface area contributed by atoms with Crippen LogP contribution in [0.25, 0.3) is 0 Å². The van der Waals surface area contributed by atoms with Crippen molar-refractivity contribution in [2.24, 2.45) is 0 Å². The van der Waals surface area contributed by atoms with Gasteiger partial charge in [-0.2, -0.15) is 0 Å². The topological polar surface area (TPSA) is 42.0 Å². The van der Waals surface area contributed by atoms with E-state index in [9.17, 15) is 4.79 Å². The summed E-state index contributed by atoms with van der Waals surface area (Å²) in [7, 11) is 1.67. The number of nitrogens with zero attached hydrogens (tertiary/aromatic N) is 2. The molecule has 220 valence electrons. The molecule has 6 heteroatoms. The number of benzene rings is 2. The van der Waals surface area contributed by atoms with E-state index < -0.39 is 0 Å². The molecular weight excluding hydrogens is 516 g/mol. The fourth-order valence-corrected chi connectivity index (χ4v) is 5.76. The summed E-state index contributed by atoms with van der Waals surface area (Å²) in [4.78, 5) is 16.7. The molecule has 1 amide bonds. The average Bonchev–Trinajstić information content (AvgIpc) is 3.48. The zero-order valence-corrected chi connectivity index (χ0v) is 25.9. The van der Waals surface area contributed by atoms with Crippen LogP contribution in [0.4, 0.5) is 5.69 Å². The van der Waals surface area contributed by atoms with Crippen molar-refractivity contribution in [2.75, 3.05) is 24.5 Å². The van der Waals surface area contributed by atoms with E-state index in [2.05, 4.69) is 35.6 Å². The lowest BCUT2D eigenvalue weighted by atomic mass is 10.1. The first-order valence-corrected chi connectivity index (χ1v) is 16.3. The summed E-state index contributed by atoms with van der Waals surface area (Å²) < 4.78 is 11.7. The molecule has 0 unspecified atom stereocenters. The van der Waals surface area contributed by atoms with Crippen molar-refractivity contribution >= 4 is 23.4 Å². The molecule has 0 N–H and O–H groups in total. The minimum absolute atomic E-state index is 0.0152. The van der Waals surface area contributed by atoms with Gasteiger partial charge in [0.1, 0.15) is 0 Å². The van der Waals surface area contributed by atoms with Gasteiger partial charge in [0.05, 0.1) is 26.1 Å². The van der Waals surface area contributed by atoms with Crippen molar-refractivity contribution in [2.45, 2.75) is 104 Å². The number of hydrogen-bond acceptors (Lipinski definition) is 5. The predicted molar refractivity (Wildman–Crippen MR) is 170 cm³/mol. The number of anilines is 1. The summed E-state index contributed by atoms with van der Waals surface area (Å²) in [5.74, 6) is 2.48. The Balaban J connectivity index is 1.42.